The Bertz CT molecular complexity index is 877. The minimum Gasteiger partial charge on any atom is -0.508 e. The van der Waals surface area contributed by atoms with Crippen LogP contribution < -0.4 is 16.4 Å². The quantitative estimate of drug-likeness (QED) is 0.242. The van der Waals surface area contributed by atoms with Crippen molar-refractivity contribution >= 4 is 23.7 Å². The van der Waals surface area contributed by atoms with Gasteiger partial charge in [0.1, 0.15) is 23.9 Å². The van der Waals surface area contributed by atoms with E-state index in [2.05, 4.69) is 10.6 Å². The van der Waals surface area contributed by atoms with Crippen LogP contribution in [-0.4, -0.2) is 81.2 Å². The molecule has 0 bridgehead atoms. The summed E-state index contributed by atoms with van der Waals surface area (Å²) in [4.78, 5) is 51.5. The molecule has 1 fully saturated rings. The first-order valence-corrected chi connectivity index (χ1v) is 11.4. The number of carbonyl (C=O) groups excluding carboxylic acids is 3. The van der Waals surface area contributed by atoms with Crippen molar-refractivity contribution in [2.24, 2.45) is 11.7 Å². The van der Waals surface area contributed by atoms with Gasteiger partial charge >= 0.3 is 5.97 Å². The summed E-state index contributed by atoms with van der Waals surface area (Å²) < 4.78 is 0. The average molecular weight is 479 g/mol. The lowest BCUT2D eigenvalue weighted by molar-refractivity contribution is -0.144. The normalized spacial score (nSPS) is 19.1. The fraction of sp³-hybridized carbons (Fsp3) is 0.565. The van der Waals surface area contributed by atoms with Crippen molar-refractivity contribution < 1.29 is 34.5 Å². The second-order valence-corrected chi connectivity index (χ2v) is 8.61. The monoisotopic (exact) mass is 478 g/mol. The molecule has 11 heteroatoms. The molecule has 1 saturated heterocycles. The third-order valence-corrected chi connectivity index (χ3v) is 6.19. The standard InChI is InChI=1S/C23H34N4O7/c1-3-13(2)19(24)22(32)27-10-4-5-18(27)21(31)25-16(11-14-6-8-15(29)9-7-14)20(30)26-17(12-28)23(33)34/h6-9,13,16-19,28-29H,3-5,10-12,24H2,1-2H3,(H,25,31)(H,26,30)(H,33,34). The minimum absolute atomic E-state index is 0.00265. The van der Waals surface area contributed by atoms with E-state index in [1.54, 1.807) is 12.1 Å². The van der Waals surface area contributed by atoms with Gasteiger partial charge in [0.2, 0.25) is 17.7 Å². The van der Waals surface area contributed by atoms with E-state index in [4.69, 9.17) is 10.8 Å². The van der Waals surface area contributed by atoms with E-state index < -0.39 is 48.6 Å². The molecule has 188 valence electrons. The lowest BCUT2D eigenvalue weighted by atomic mass is 9.98. The van der Waals surface area contributed by atoms with E-state index in [1.807, 2.05) is 13.8 Å². The minimum atomic E-state index is -1.54. The fourth-order valence-electron chi connectivity index (χ4n) is 3.79. The summed E-state index contributed by atoms with van der Waals surface area (Å²) in [6.07, 6.45) is 1.73. The summed E-state index contributed by atoms with van der Waals surface area (Å²) in [5.74, 6) is -3.11. The molecule has 34 heavy (non-hydrogen) atoms. The number of carboxylic acid groups (broad SMARTS) is 1. The van der Waals surface area contributed by atoms with E-state index in [0.29, 0.717) is 31.4 Å². The van der Waals surface area contributed by atoms with Gasteiger partial charge in [-0.2, -0.15) is 0 Å². The number of carbonyl (C=O) groups is 4. The van der Waals surface area contributed by atoms with Crippen LogP contribution in [0.25, 0.3) is 0 Å². The van der Waals surface area contributed by atoms with Gasteiger partial charge in [0, 0.05) is 13.0 Å². The Kier molecular flexibility index (Phi) is 9.82. The number of amides is 3. The number of nitrogens with zero attached hydrogens (tertiary/aromatic N) is 1. The number of hydrogen-bond donors (Lipinski definition) is 6. The van der Waals surface area contributed by atoms with Gasteiger partial charge in [0.25, 0.3) is 0 Å². The predicted octanol–water partition coefficient (Wildman–Crippen LogP) is -0.654. The number of likely N-dealkylation sites (tertiary alicyclic amines) is 1. The van der Waals surface area contributed by atoms with E-state index in [-0.39, 0.29) is 24.0 Å². The number of phenols is 1. The Balaban J connectivity index is 2.20. The molecule has 1 aliphatic heterocycles. The second-order valence-electron chi connectivity index (χ2n) is 8.61. The Morgan fingerprint density at radius 2 is 1.79 bits per heavy atom. The van der Waals surface area contributed by atoms with Crippen molar-refractivity contribution in [3.63, 3.8) is 0 Å². The highest BCUT2D eigenvalue weighted by atomic mass is 16.4. The van der Waals surface area contributed by atoms with Crippen LogP contribution in [0, 0.1) is 5.92 Å². The molecule has 0 spiro atoms. The number of aliphatic hydroxyl groups is 1. The van der Waals surface area contributed by atoms with Crippen LogP contribution in [0.3, 0.4) is 0 Å². The Morgan fingerprint density at radius 3 is 2.35 bits per heavy atom. The number of aliphatic hydroxyl groups excluding tert-OH is 1. The molecule has 11 nitrogen and oxygen atoms in total. The van der Waals surface area contributed by atoms with Gasteiger partial charge in [0.05, 0.1) is 12.6 Å². The number of benzene rings is 1. The van der Waals surface area contributed by atoms with Gasteiger partial charge in [-0.25, -0.2) is 4.79 Å². The highest BCUT2D eigenvalue weighted by molar-refractivity contribution is 5.94. The Labute approximate surface area is 198 Å². The Morgan fingerprint density at radius 1 is 1.15 bits per heavy atom. The smallest absolute Gasteiger partial charge is 0.328 e. The van der Waals surface area contributed by atoms with Crippen LogP contribution >= 0.6 is 0 Å². The van der Waals surface area contributed by atoms with Crippen LogP contribution in [-0.2, 0) is 25.6 Å². The molecule has 0 saturated carbocycles. The summed E-state index contributed by atoms with van der Waals surface area (Å²) in [6.45, 7) is 3.35. The van der Waals surface area contributed by atoms with Gasteiger partial charge in [-0.3, -0.25) is 14.4 Å². The number of rotatable bonds is 11. The first-order valence-electron chi connectivity index (χ1n) is 11.4. The lowest BCUT2D eigenvalue weighted by Gasteiger charge is -2.30. The summed E-state index contributed by atoms with van der Waals surface area (Å²) in [5, 5.41) is 32.7. The van der Waals surface area contributed by atoms with Crippen LogP contribution in [0.4, 0.5) is 0 Å². The number of aliphatic carboxylic acids is 1. The third-order valence-electron chi connectivity index (χ3n) is 6.19. The van der Waals surface area contributed by atoms with Crippen molar-refractivity contribution in [2.45, 2.75) is 63.7 Å². The van der Waals surface area contributed by atoms with Gasteiger partial charge in [-0.15, -0.1) is 0 Å². The molecule has 0 aromatic heterocycles. The number of hydrogen-bond acceptors (Lipinski definition) is 7. The topological polar surface area (TPSA) is 182 Å². The van der Waals surface area contributed by atoms with Gasteiger partial charge in [-0.1, -0.05) is 32.4 Å². The first-order chi connectivity index (χ1) is 16.1. The molecular formula is C23H34N4O7. The third kappa shape index (κ3) is 6.91. The summed E-state index contributed by atoms with van der Waals surface area (Å²) in [5.41, 5.74) is 6.69. The van der Waals surface area contributed by atoms with Crippen molar-refractivity contribution in [3.8, 4) is 5.75 Å². The van der Waals surface area contributed by atoms with Crippen LogP contribution in [0.5, 0.6) is 5.75 Å². The van der Waals surface area contributed by atoms with E-state index >= 15 is 0 Å². The molecule has 1 aromatic carbocycles. The fourth-order valence-corrected chi connectivity index (χ4v) is 3.79. The maximum absolute atomic E-state index is 13.1. The number of phenolic OH excluding ortho intramolecular Hbond substituents is 1. The Hall–Kier alpha value is -3.18. The molecule has 1 aromatic rings. The molecule has 0 radical (unpaired) electrons. The molecule has 1 aliphatic rings. The van der Waals surface area contributed by atoms with E-state index in [0.717, 1.165) is 0 Å². The zero-order valence-electron chi connectivity index (χ0n) is 19.4. The predicted molar refractivity (Wildman–Crippen MR) is 123 cm³/mol. The number of nitrogens with one attached hydrogen (secondary N) is 2. The molecule has 5 unspecified atom stereocenters. The molecule has 1 heterocycles. The van der Waals surface area contributed by atoms with Gasteiger partial charge in [0.15, 0.2) is 0 Å². The highest BCUT2D eigenvalue weighted by Crippen LogP contribution is 2.21. The number of nitrogens with two attached hydrogens (primary N) is 1. The van der Waals surface area contributed by atoms with E-state index in [9.17, 15) is 29.4 Å². The van der Waals surface area contributed by atoms with Crippen LogP contribution in [0.2, 0.25) is 0 Å². The SMILES string of the molecule is CCC(C)C(N)C(=O)N1CCCC1C(=O)NC(Cc1ccc(O)cc1)C(=O)NC(CO)C(=O)O. The van der Waals surface area contributed by atoms with Crippen LogP contribution in [0.15, 0.2) is 24.3 Å². The second kappa shape index (κ2) is 12.3. The summed E-state index contributed by atoms with van der Waals surface area (Å²) in [7, 11) is 0. The molecular weight excluding hydrogens is 444 g/mol. The summed E-state index contributed by atoms with van der Waals surface area (Å²) >= 11 is 0. The number of aromatic hydroxyl groups is 1. The maximum Gasteiger partial charge on any atom is 0.328 e. The summed E-state index contributed by atoms with van der Waals surface area (Å²) in [6, 6.07) is 1.73. The first kappa shape index (κ1) is 27.1. The van der Waals surface area contributed by atoms with Crippen molar-refractivity contribution in [3.05, 3.63) is 29.8 Å². The van der Waals surface area contributed by atoms with Crippen molar-refractivity contribution in [1.29, 1.82) is 0 Å². The van der Waals surface area contributed by atoms with E-state index in [1.165, 1.54) is 17.0 Å². The lowest BCUT2D eigenvalue weighted by Crippen LogP contribution is -2.58. The highest BCUT2D eigenvalue weighted by Gasteiger charge is 2.38. The van der Waals surface area contributed by atoms with Crippen molar-refractivity contribution in [2.75, 3.05) is 13.2 Å². The van der Waals surface area contributed by atoms with Gasteiger partial charge in [-0.05, 0) is 36.5 Å². The zero-order valence-corrected chi connectivity index (χ0v) is 19.4. The molecule has 2 rings (SSSR count). The molecule has 3 amide bonds. The van der Waals surface area contributed by atoms with Crippen molar-refractivity contribution in [1.82, 2.24) is 15.5 Å². The zero-order chi connectivity index (χ0) is 25.4. The molecule has 7 N–H and O–H groups in total. The average Bonchev–Trinajstić information content (AvgIpc) is 3.31. The van der Waals surface area contributed by atoms with Gasteiger partial charge < -0.3 is 36.6 Å². The molecule has 5 atom stereocenters. The molecule has 0 aliphatic carbocycles. The maximum atomic E-state index is 13.1. The largest absolute Gasteiger partial charge is 0.508 e. The number of carboxylic acids is 1. The van der Waals surface area contributed by atoms with Crippen LogP contribution in [0.1, 0.15) is 38.7 Å².